The summed E-state index contributed by atoms with van der Waals surface area (Å²) in [6.07, 6.45) is 2.67. The van der Waals surface area contributed by atoms with E-state index >= 15 is 0 Å². The molecule has 0 radical (unpaired) electrons. The largest absolute Gasteiger partial charge is 0.362 e. The number of sulfonamides is 1. The Hall–Kier alpha value is -2.19. The van der Waals surface area contributed by atoms with Gasteiger partial charge in [-0.15, -0.1) is 4.40 Å². The van der Waals surface area contributed by atoms with Crippen molar-refractivity contribution in [3.63, 3.8) is 0 Å². The minimum atomic E-state index is -3.73. The monoisotopic (exact) mass is 391 g/mol. The number of nitrogens with one attached hydrogen (secondary N) is 1. The Balaban J connectivity index is 1.61. The maximum absolute atomic E-state index is 12.4. The van der Waals surface area contributed by atoms with Crippen LogP contribution in [0.2, 0.25) is 0 Å². The van der Waals surface area contributed by atoms with Gasteiger partial charge in [-0.2, -0.15) is 19.8 Å². The molecule has 0 saturated carbocycles. The second-order valence-electron chi connectivity index (χ2n) is 6.21. The van der Waals surface area contributed by atoms with Crippen molar-refractivity contribution >= 4 is 38.8 Å². The van der Waals surface area contributed by atoms with Gasteiger partial charge in [0.25, 0.3) is 10.0 Å². The number of nitrogens with zero attached hydrogens (tertiary/aromatic N) is 2. The minimum absolute atomic E-state index is 0.0976. The van der Waals surface area contributed by atoms with Gasteiger partial charge < -0.3 is 10.2 Å². The van der Waals surface area contributed by atoms with Gasteiger partial charge in [0.1, 0.15) is 5.84 Å². The standard InChI is InChI=1S/C18H21N3O3S2/c1-21-11-2-3-17(21)20-26(23,24)16-7-5-15(6-8-16)19-18(22)9-4-14-10-12-25-13-14/h5-8,10,12-13H,2-4,9,11H2,1H3,(H,19,22). The lowest BCUT2D eigenvalue weighted by atomic mass is 10.2. The average Bonchev–Trinajstić information content (AvgIpc) is 3.26. The number of carbonyl (C=O) groups excluding carboxylic acids is 1. The van der Waals surface area contributed by atoms with Crippen LogP contribution in [0.4, 0.5) is 5.69 Å². The molecule has 1 fully saturated rings. The lowest BCUT2D eigenvalue weighted by Crippen LogP contribution is -2.20. The molecule has 0 spiro atoms. The van der Waals surface area contributed by atoms with E-state index in [1.165, 1.54) is 12.1 Å². The Morgan fingerprint density at radius 2 is 2.04 bits per heavy atom. The van der Waals surface area contributed by atoms with Gasteiger partial charge in [0.05, 0.1) is 4.90 Å². The third kappa shape index (κ3) is 4.70. The van der Waals surface area contributed by atoms with Gasteiger partial charge in [-0.1, -0.05) is 0 Å². The molecule has 0 aliphatic carbocycles. The van der Waals surface area contributed by atoms with E-state index in [4.69, 9.17) is 0 Å². The predicted octanol–water partition coefficient (Wildman–Crippen LogP) is 3.13. The van der Waals surface area contributed by atoms with Crippen LogP contribution in [0, 0.1) is 0 Å². The summed E-state index contributed by atoms with van der Waals surface area (Å²) in [5.41, 5.74) is 1.72. The van der Waals surface area contributed by atoms with Crippen LogP contribution in [0.15, 0.2) is 50.4 Å². The second kappa shape index (κ2) is 8.01. The summed E-state index contributed by atoms with van der Waals surface area (Å²) in [6, 6.07) is 8.13. The zero-order valence-corrected chi connectivity index (χ0v) is 16.1. The van der Waals surface area contributed by atoms with Crippen LogP contribution < -0.4 is 5.32 Å². The molecular formula is C18H21N3O3S2. The highest BCUT2D eigenvalue weighted by Gasteiger charge is 2.20. The molecule has 1 N–H and O–H groups in total. The average molecular weight is 392 g/mol. The van der Waals surface area contributed by atoms with Crippen LogP contribution in [0.25, 0.3) is 0 Å². The van der Waals surface area contributed by atoms with Gasteiger partial charge >= 0.3 is 0 Å². The molecule has 8 heteroatoms. The number of likely N-dealkylation sites (tertiary alicyclic amines) is 1. The molecule has 0 bridgehead atoms. The van der Waals surface area contributed by atoms with Crippen LogP contribution in [-0.2, 0) is 21.2 Å². The number of anilines is 1. The number of hydrogen-bond acceptors (Lipinski definition) is 4. The van der Waals surface area contributed by atoms with Crippen molar-refractivity contribution in [2.24, 2.45) is 4.40 Å². The maximum Gasteiger partial charge on any atom is 0.283 e. The van der Waals surface area contributed by atoms with Gasteiger partial charge in [0.15, 0.2) is 0 Å². The first kappa shape index (κ1) is 18.6. The van der Waals surface area contributed by atoms with Crippen molar-refractivity contribution < 1.29 is 13.2 Å². The number of amidine groups is 1. The highest BCUT2D eigenvalue weighted by atomic mass is 32.2. The smallest absolute Gasteiger partial charge is 0.283 e. The van der Waals surface area contributed by atoms with E-state index in [1.54, 1.807) is 23.5 Å². The quantitative estimate of drug-likeness (QED) is 0.820. The highest BCUT2D eigenvalue weighted by molar-refractivity contribution is 7.90. The fourth-order valence-electron chi connectivity index (χ4n) is 2.73. The van der Waals surface area contributed by atoms with Crippen molar-refractivity contribution in [2.75, 3.05) is 18.9 Å². The van der Waals surface area contributed by atoms with Crippen molar-refractivity contribution in [2.45, 2.75) is 30.6 Å². The van der Waals surface area contributed by atoms with Crippen molar-refractivity contribution in [1.29, 1.82) is 0 Å². The molecule has 1 aliphatic rings. The molecule has 1 aliphatic heterocycles. The van der Waals surface area contributed by atoms with Gasteiger partial charge in [0.2, 0.25) is 5.91 Å². The number of thiophene rings is 1. The van der Waals surface area contributed by atoms with Crippen molar-refractivity contribution in [3.8, 4) is 0 Å². The van der Waals surface area contributed by atoms with E-state index < -0.39 is 10.0 Å². The third-order valence-electron chi connectivity index (χ3n) is 4.22. The molecule has 26 heavy (non-hydrogen) atoms. The van der Waals surface area contributed by atoms with E-state index in [1.807, 2.05) is 28.8 Å². The summed E-state index contributed by atoms with van der Waals surface area (Å²) in [5, 5.41) is 6.80. The molecule has 1 amide bonds. The molecule has 2 heterocycles. The van der Waals surface area contributed by atoms with Crippen molar-refractivity contribution in [3.05, 3.63) is 46.7 Å². The van der Waals surface area contributed by atoms with Gasteiger partial charge in [0, 0.05) is 32.1 Å². The molecule has 0 unspecified atom stereocenters. The normalized spacial score (nSPS) is 16.2. The van der Waals surface area contributed by atoms with Crippen LogP contribution >= 0.6 is 11.3 Å². The van der Waals surface area contributed by atoms with Crippen LogP contribution in [0.5, 0.6) is 0 Å². The molecule has 2 aromatic rings. The van der Waals surface area contributed by atoms with E-state index in [2.05, 4.69) is 9.71 Å². The van der Waals surface area contributed by atoms with E-state index in [0.717, 1.165) is 18.5 Å². The Bertz CT molecular complexity index is 888. The summed E-state index contributed by atoms with van der Waals surface area (Å²) in [5.74, 6) is 0.496. The molecule has 138 valence electrons. The molecule has 1 saturated heterocycles. The number of hydrogen-bond donors (Lipinski definition) is 1. The first-order chi connectivity index (χ1) is 12.4. The zero-order chi connectivity index (χ0) is 18.6. The second-order valence-corrected chi connectivity index (χ2v) is 8.60. The number of amides is 1. The van der Waals surface area contributed by atoms with E-state index in [0.29, 0.717) is 30.8 Å². The molecule has 1 aromatic carbocycles. The van der Waals surface area contributed by atoms with Gasteiger partial charge in [-0.25, -0.2) is 0 Å². The van der Waals surface area contributed by atoms with E-state index in [-0.39, 0.29) is 10.8 Å². The van der Waals surface area contributed by atoms with Gasteiger partial charge in [-0.05, 0) is 59.5 Å². The number of carbonyl (C=O) groups is 1. The lowest BCUT2D eigenvalue weighted by Gasteiger charge is -2.11. The summed E-state index contributed by atoms with van der Waals surface area (Å²) in [7, 11) is -1.88. The Labute approximate surface area is 157 Å². The summed E-state index contributed by atoms with van der Waals surface area (Å²) < 4.78 is 28.7. The maximum atomic E-state index is 12.4. The van der Waals surface area contributed by atoms with Crippen LogP contribution in [0.1, 0.15) is 24.8 Å². The number of benzene rings is 1. The fourth-order valence-corrected chi connectivity index (χ4v) is 4.52. The van der Waals surface area contributed by atoms with E-state index in [9.17, 15) is 13.2 Å². The zero-order valence-electron chi connectivity index (χ0n) is 14.5. The van der Waals surface area contributed by atoms with Crippen LogP contribution in [-0.4, -0.2) is 38.7 Å². The van der Waals surface area contributed by atoms with Gasteiger partial charge in [-0.3, -0.25) is 4.79 Å². The highest BCUT2D eigenvalue weighted by Crippen LogP contribution is 2.19. The number of rotatable bonds is 6. The fraction of sp³-hybridized carbons (Fsp3) is 0.333. The molecule has 0 atom stereocenters. The third-order valence-corrected chi connectivity index (χ3v) is 6.27. The SMILES string of the molecule is CN1CCCC1=NS(=O)(=O)c1ccc(NC(=O)CCc2ccsc2)cc1. The Morgan fingerprint density at radius 1 is 1.27 bits per heavy atom. The first-order valence-electron chi connectivity index (χ1n) is 8.40. The molecule has 3 rings (SSSR count). The summed E-state index contributed by atoms with van der Waals surface area (Å²) in [6.45, 7) is 0.824. The first-order valence-corrected chi connectivity index (χ1v) is 10.8. The van der Waals surface area contributed by atoms with Crippen molar-refractivity contribution in [1.82, 2.24) is 4.90 Å². The molecule has 1 aromatic heterocycles. The number of aryl methyl sites for hydroxylation is 1. The van der Waals surface area contributed by atoms with Crippen LogP contribution in [0.3, 0.4) is 0 Å². The molecular weight excluding hydrogens is 370 g/mol. The summed E-state index contributed by atoms with van der Waals surface area (Å²) in [4.78, 5) is 14.0. The summed E-state index contributed by atoms with van der Waals surface area (Å²) >= 11 is 1.61. The Morgan fingerprint density at radius 3 is 2.65 bits per heavy atom. The Kier molecular flexibility index (Phi) is 5.73. The topological polar surface area (TPSA) is 78.8 Å². The lowest BCUT2D eigenvalue weighted by molar-refractivity contribution is -0.116. The minimum Gasteiger partial charge on any atom is -0.362 e. The molecule has 6 nitrogen and oxygen atoms in total. The predicted molar refractivity (Wildman–Crippen MR) is 104 cm³/mol.